The molecule has 6 aromatic carbocycles. The summed E-state index contributed by atoms with van der Waals surface area (Å²) in [5, 5.41) is 1.18. The Morgan fingerprint density at radius 2 is 0.587 bits per heavy atom. The predicted molar refractivity (Wildman–Crippen MR) is 368 cm³/mol. The Balaban J connectivity index is 0.856. The van der Waals surface area contributed by atoms with Crippen LogP contribution in [0.3, 0.4) is 0 Å². The highest BCUT2D eigenvalue weighted by molar-refractivity contribution is 5.97. The maximum Gasteiger partial charge on any atom is 0.346 e. The van der Waals surface area contributed by atoms with E-state index in [1.807, 2.05) is 48.5 Å². The molecule has 0 aliphatic carbocycles. The molecule has 0 fully saturated rings. The first-order valence-corrected chi connectivity index (χ1v) is 34.7. The Kier molecular flexibility index (Phi) is 34.5. The summed E-state index contributed by atoms with van der Waals surface area (Å²) in [5.41, 5.74) is 1.30. The summed E-state index contributed by atoms with van der Waals surface area (Å²) in [5.74, 6) is -3.86. The number of rotatable bonds is 46. The molecule has 0 amide bonds. The second-order valence-corrected chi connectivity index (χ2v) is 24.6. The van der Waals surface area contributed by atoms with Gasteiger partial charge in [0.25, 0.3) is 0 Å². The van der Waals surface area contributed by atoms with Crippen molar-refractivity contribution in [2.45, 2.75) is 233 Å². The molecule has 0 saturated carbocycles. The zero-order valence-electron chi connectivity index (χ0n) is 55.6. The largest absolute Gasteiger partial charge is 0.494 e. The molecule has 0 radical (unpaired) electrons. The summed E-state index contributed by atoms with van der Waals surface area (Å²) in [4.78, 5) is 52.4. The number of halogens is 2. The number of carbonyl (C=O) groups excluding carboxylic acids is 4. The number of hydrogen-bond acceptors (Lipinski definition) is 10. The van der Waals surface area contributed by atoms with E-state index in [0.717, 1.165) is 60.4 Å². The molecule has 0 aliphatic heterocycles. The van der Waals surface area contributed by atoms with E-state index in [1.54, 1.807) is 38.1 Å². The lowest BCUT2D eigenvalue weighted by molar-refractivity contribution is -0.130. The van der Waals surface area contributed by atoms with E-state index in [1.165, 1.54) is 228 Å². The van der Waals surface area contributed by atoms with Crippen molar-refractivity contribution in [3.63, 3.8) is 0 Å². The van der Waals surface area contributed by atoms with Crippen molar-refractivity contribution in [1.29, 1.82) is 0 Å². The summed E-state index contributed by atoms with van der Waals surface area (Å²) in [6.45, 7) is 9.03. The monoisotopic (exact) mass is 1260 g/mol. The highest BCUT2D eigenvalue weighted by Gasteiger charge is 2.20. The molecule has 0 aromatic heterocycles. The molecule has 92 heavy (non-hydrogen) atoms. The molecule has 0 heterocycles. The predicted octanol–water partition coefficient (Wildman–Crippen LogP) is 22.9. The van der Waals surface area contributed by atoms with Gasteiger partial charge in [-0.3, -0.25) is 0 Å². The van der Waals surface area contributed by atoms with Crippen molar-refractivity contribution in [1.82, 2.24) is 0 Å². The molecule has 0 unspecified atom stereocenters. The van der Waals surface area contributed by atoms with Crippen LogP contribution in [0, 0.1) is 11.6 Å². The van der Waals surface area contributed by atoms with Crippen LogP contribution in [0.1, 0.15) is 265 Å². The van der Waals surface area contributed by atoms with Gasteiger partial charge in [-0.2, -0.15) is 0 Å². The van der Waals surface area contributed by atoms with Crippen LogP contribution in [0.15, 0.2) is 132 Å². The normalized spacial score (nSPS) is 11.6. The van der Waals surface area contributed by atoms with Gasteiger partial charge in [0, 0.05) is 23.3 Å². The Morgan fingerprint density at radius 1 is 0.315 bits per heavy atom. The third kappa shape index (κ3) is 28.5. The van der Waals surface area contributed by atoms with E-state index in [9.17, 15) is 19.2 Å². The van der Waals surface area contributed by atoms with E-state index >= 15 is 8.78 Å². The molecule has 0 spiro atoms. The first kappa shape index (κ1) is 73.5. The Bertz CT molecular complexity index is 3010. The van der Waals surface area contributed by atoms with Gasteiger partial charge in [-0.25, -0.2) is 28.0 Å². The summed E-state index contributed by atoms with van der Waals surface area (Å²) < 4.78 is 64.6. The van der Waals surface area contributed by atoms with E-state index in [0.29, 0.717) is 24.0 Å². The summed E-state index contributed by atoms with van der Waals surface area (Å²) >= 11 is 0. The van der Waals surface area contributed by atoms with Crippen molar-refractivity contribution in [2.75, 3.05) is 13.2 Å². The van der Waals surface area contributed by atoms with E-state index in [-0.39, 0.29) is 34.1 Å². The summed E-state index contributed by atoms with van der Waals surface area (Å²) in [6.07, 6.45) is 45.5. The smallest absolute Gasteiger partial charge is 0.346 e. The quantitative estimate of drug-likeness (QED) is 0.0158. The van der Waals surface area contributed by atoms with Gasteiger partial charge < -0.3 is 28.4 Å². The Hall–Kier alpha value is -7.60. The van der Waals surface area contributed by atoms with Crippen molar-refractivity contribution >= 4 is 46.8 Å². The fourth-order valence-electron chi connectivity index (χ4n) is 11.1. The fourth-order valence-corrected chi connectivity index (χ4v) is 11.1. The van der Waals surface area contributed by atoms with Crippen LogP contribution in [0.4, 0.5) is 8.78 Å². The first-order chi connectivity index (χ1) is 44.9. The number of ether oxygens (including phenoxy) is 6. The molecule has 0 aliphatic rings. The molecule has 10 nitrogen and oxygen atoms in total. The first-order valence-electron chi connectivity index (χ1n) is 34.7. The van der Waals surface area contributed by atoms with Gasteiger partial charge in [0.1, 0.15) is 46.1 Å². The third-order valence-electron chi connectivity index (χ3n) is 16.7. The topological polar surface area (TPSA) is 124 Å². The van der Waals surface area contributed by atoms with Gasteiger partial charge in [0.2, 0.25) is 0 Å². The SMILES string of the molecule is CCCCCCCCCCCCCCCCCCOc1ccc(/C=C(\C)C(=O)Oc2ccc(C(=O)Oc3ccc4ccc(OC(=O)c5ccc(OC(=O)/C(C)=C/c6ccc(OCCCCCCCCCCCCCCCCCC)cc6)cc5F)cc4c3)c(F)c2)cc1. The van der Waals surface area contributed by atoms with Crippen LogP contribution in [0.2, 0.25) is 0 Å². The Labute approximate surface area is 547 Å². The highest BCUT2D eigenvalue weighted by Crippen LogP contribution is 2.29. The average molecular weight is 1260 g/mol. The molecule has 0 atom stereocenters. The maximum absolute atomic E-state index is 15.4. The van der Waals surface area contributed by atoms with Gasteiger partial charge in [-0.05, 0) is 134 Å². The lowest BCUT2D eigenvalue weighted by Gasteiger charge is -2.10. The van der Waals surface area contributed by atoms with Crippen molar-refractivity contribution in [3.05, 3.63) is 166 Å². The van der Waals surface area contributed by atoms with Crippen LogP contribution in [-0.2, 0) is 9.59 Å². The van der Waals surface area contributed by atoms with Crippen LogP contribution in [-0.4, -0.2) is 37.1 Å². The number of carbonyl (C=O) groups is 4. The average Bonchev–Trinajstić information content (AvgIpc) is 0.971. The van der Waals surface area contributed by atoms with Crippen molar-refractivity contribution in [3.8, 4) is 34.5 Å². The van der Waals surface area contributed by atoms with Gasteiger partial charge in [-0.1, -0.05) is 243 Å². The van der Waals surface area contributed by atoms with E-state index in [4.69, 9.17) is 28.4 Å². The molecule has 0 saturated heterocycles. The molecule has 496 valence electrons. The molecular formula is C80H102F2O10. The van der Waals surface area contributed by atoms with E-state index < -0.39 is 46.6 Å². The minimum Gasteiger partial charge on any atom is -0.494 e. The molecule has 0 N–H and O–H groups in total. The summed E-state index contributed by atoms with van der Waals surface area (Å²) in [7, 11) is 0. The van der Waals surface area contributed by atoms with Gasteiger partial charge in [0.15, 0.2) is 0 Å². The number of hydrogen-bond donors (Lipinski definition) is 0. The van der Waals surface area contributed by atoms with Crippen LogP contribution in [0.25, 0.3) is 22.9 Å². The van der Waals surface area contributed by atoms with Crippen molar-refractivity contribution in [2.24, 2.45) is 0 Å². The second-order valence-electron chi connectivity index (χ2n) is 24.6. The summed E-state index contributed by atoms with van der Waals surface area (Å²) in [6, 6.07) is 31.1. The molecular weight excluding hydrogens is 1160 g/mol. The fraction of sp³-hybridized carbons (Fsp3) is 0.475. The minimum absolute atomic E-state index is 0.0662. The van der Waals surface area contributed by atoms with E-state index in [2.05, 4.69) is 13.8 Å². The van der Waals surface area contributed by atoms with Crippen LogP contribution >= 0.6 is 0 Å². The van der Waals surface area contributed by atoms with Gasteiger partial charge in [0.05, 0.1) is 24.3 Å². The molecule has 12 heteroatoms. The highest BCUT2D eigenvalue weighted by atomic mass is 19.1. The molecule has 6 rings (SSSR count). The zero-order valence-corrected chi connectivity index (χ0v) is 55.6. The van der Waals surface area contributed by atoms with Crippen molar-refractivity contribution < 1.29 is 56.4 Å². The number of benzene rings is 6. The standard InChI is InChI=1S/C80H102F2O10/c1-5-7-9-11-13-15-17-19-21-23-25-27-29-31-33-35-53-87-67-43-37-63(38-44-67)55-61(3)77(83)89-71-49-51-73(75(81)59-71)79(85)91-69-47-41-65-42-48-70(58-66(65)57-69)92-80(86)74-52-50-72(60-76(74)82)90-78(84)62(4)56-64-39-45-68(46-40-64)88-54-36-34-32-30-28-26-24-22-20-18-16-14-12-10-8-6-2/h37-52,55-60H,5-36,53-54H2,1-4H3/b61-55+,62-56+. The van der Waals surface area contributed by atoms with Gasteiger partial charge in [-0.15, -0.1) is 0 Å². The molecule has 6 aromatic rings. The number of fused-ring (bicyclic) bond motifs is 1. The number of esters is 4. The minimum atomic E-state index is -1.00. The number of unbranched alkanes of at least 4 members (excludes halogenated alkanes) is 30. The van der Waals surface area contributed by atoms with Crippen LogP contribution in [0.5, 0.6) is 34.5 Å². The lowest BCUT2D eigenvalue weighted by Crippen LogP contribution is -2.13. The Morgan fingerprint density at radius 3 is 0.891 bits per heavy atom. The van der Waals surface area contributed by atoms with Crippen LogP contribution < -0.4 is 28.4 Å². The lowest BCUT2D eigenvalue weighted by atomic mass is 10.0. The maximum atomic E-state index is 15.4. The van der Waals surface area contributed by atoms with Gasteiger partial charge >= 0.3 is 23.9 Å². The zero-order chi connectivity index (χ0) is 65.4. The third-order valence-corrected chi connectivity index (χ3v) is 16.7. The second kappa shape index (κ2) is 43.3. The molecule has 0 bridgehead atoms.